The van der Waals surface area contributed by atoms with Crippen molar-refractivity contribution in [1.82, 2.24) is 14.9 Å². The maximum atomic E-state index is 13.3. The van der Waals surface area contributed by atoms with E-state index >= 15 is 0 Å². The molecule has 0 unspecified atom stereocenters. The third-order valence-electron chi connectivity index (χ3n) is 2.91. The average molecular weight is 265 g/mol. The quantitative estimate of drug-likeness (QED) is 0.780. The first kappa shape index (κ1) is 13.7. The summed E-state index contributed by atoms with van der Waals surface area (Å²) in [6.45, 7) is 2.18. The summed E-state index contributed by atoms with van der Waals surface area (Å²) in [5.41, 5.74) is 0.496. The van der Waals surface area contributed by atoms with Crippen molar-refractivity contribution in [3.05, 3.63) is 54.1 Å². The molecule has 1 aromatic carbocycles. The molecule has 0 fully saturated rings. The van der Waals surface area contributed by atoms with Crippen molar-refractivity contribution in [3.8, 4) is 0 Å². The Kier molecular flexibility index (Phi) is 5.03. The van der Waals surface area contributed by atoms with E-state index in [0.717, 1.165) is 32.0 Å². The number of hydrogen-bond donors (Lipinski definition) is 1. The van der Waals surface area contributed by atoms with Crippen LogP contribution in [0.4, 0.5) is 8.78 Å². The molecule has 2 rings (SSSR count). The molecule has 0 amide bonds. The normalized spacial score (nSPS) is 10.8. The van der Waals surface area contributed by atoms with Crippen LogP contribution in [0.2, 0.25) is 0 Å². The predicted octanol–water partition coefficient (Wildman–Crippen LogP) is 2.73. The van der Waals surface area contributed by atoms with Gasteiger partial charge in [0.1, 0.15) is 11.6 Å². The Balaban J connectivity index is 1.61. The summed E-state index contributed by atoms with van der Waals surface area (Å²) in [5, 5.41) is 3.15. The molecule has 0 aliphatic carbocycles. The Morgan fingerprint density at radius 2 is 2.11 bits per heavy atom. The molecule has 2 aromatic rings. The zero-order valence-electron chi connectivity index (χ0n) is 10.6. The summed E-state index contributed by atoms with van der Waals surface area (Å²) in [4.78, 5) is 3.97. The smallest absolute Gasteiger partial charge is 0.130 e. The standard InChI is InChI=1S/C14H17F2N3/c15-13-4-3-12(14(16)9-13)10-17-5-1-2-7-19-8-6-18-11-19/h3-4,6,8-9,11,17H,1-2,5,7,10H2. The summed E-state index contributed by atoms with van der Waals surface area (Å²) in [6, 6.07) is 3.67. The second kappa shape index (κ2) is 6.99. The molecule has 5 heteroatoms. The molecule has 1 heterocycles. The largest absolute Gasteiger partial charge is 0.337 e. The highest BCUT2D eigenvalue weighted by molar-refractivity contribution is 5.18. The minimum Gasteiger partial charge on any atom is -0.337 e. The first-order chi connectivity index (χ1) is 9.25. The van der Waals surface area contributed by atoms with Crippen molar-refractivity contribution in [2.24, 2.45) is 0 Å². The van der Waals surface area contributed by atoms with Gasteiger partial charge in [-0.05, 0) is 25.5 Å². The van der Waals surface area contributed by atoms with Gasteiger partial charge < -0.3 is 9.88 Å². The van der Waals surface area contributed by atoms with Crippen LogP contribution in [0.1, 0.15) is 18.4 Å². The molecular weight excluding hydrogens is 248 g/mol. The van der Waals surface area contributed by atoms with Gasteiger partial charge in [-0.15, -0.1) is 0 Å². The summed E-state index contributed by atoms with van der Waals surface area (Å²) >= 11 is 0. The molecule has 0 radical (unpaired) electrons. The second-order valence-corrected chi connectivity index (χ2v) is 4.42. The molecule has 0 spiro atoms. The highest BCUT2D eigenvalue weighted by Gasteiger charge is 2.02. The maximum Gasteiger partial charge on any atom is 0.130 e. The molecule has 0 bridgehead atoms. The van der Waals surface area contributed by atoms with Gasteiger partial charge in [-0.2, -0.15) is 0 Å². The third kappa shape index (κ3) is 4.44. The number of benzene rings is 1. The van der Waals surface area contributed by atoms with E-state index in [1.54, 1.807) is 12.5 Å². The molecule has 102 valence electrons. The SMILES string of the molecule is Fc1ccc(CNCCCCn2ccnc2)c(F)c1. The van der Waals surface area contributed by atoms with Crippen LogP contribution in [-0.4, -0.2) is 16.1 Å². The van der Waals surface area contributed by atoms with Crippen molar-refractivity contribution < 1.29 is 8.78 Å². The fraction of sp³-hybridized carbons (Fsp3) is 0.357. The first-order valence-electron chi connectivity index (χ1n) is 6.36. The van der Waals surface area contributed by atoms with E-state index in [1.165, 1.54) is 12.1 Å². The predicted molar refractivity (Wildman–Crippen MR) is 69.5 cm³/mol. The van der Waals surface area contributed by atoms with E-state index in [2.05, 4.69) is 10.3 Å². The van der Waals surface area contributed by atoms with E-state index < -0.39 is 11.6 Å². The van der Waals surface area contributed by atoms with E-state index in [0.29, 0.717) is 12.1 Å². The van der Waals surface area contributed by atoms with Gasteiger partial charge in [0, 0.05) is 37.1 Å². The van der Waals surface area contributed by atoms with Crippen LogP contribution in [0.5, 0.6) is 0 Å². The lowest BCUT2D eigenvalue weighted by atomic mass is 10.2. The molecule has 0 aliphatic heterocycles. The number of aryl methyl sites for hydroxylation is 1. The van der Waals surface area contributed by atoms with Gasteiger partial charge >= 0.3 is 0 Å². The van der Waals surface area contributed by atoms with Crippen molar-refractivity contribution in [2.45, 2.75) is 25.9 Å². The van der Waals surface area contributed by atoms with Gasteiger partial charge in [-0.1, -0.05) is 6.07 Å². The molecule has 3 nitrogen and oxygen atoms in total. The molecular formula is C14H17F2N3. The van der Waals surface area contributed by atoms with Crippen LogP contribution < -0.4 is 5.32 Å². The lowest BCUT2D eigenvalue weighted by Crippen LogP contribution is -2.16. The van der Waals surface area contributed by atoms with Gasteiger partial charge in [0.25, 0.3) is 0 Å². The van der Waals surface area contributed by atoms with E-state index in [-0.39, 0.29) is 0 Å². The van der Waals surface area contributed by atoms with Crippen LogP contribution in [0.25, 0.3) is 0 Å². The lowest BCUT2D eigenvalue weighted by Gasteiger charge is -2.06. The Bertz CT molecular complexity index is 497. The Labute approximate surface area is 111 Å². The number of rotatable bonds is 7. The van der Waals surface area contributed by atoms with Gasteiger partial charge in [0.05, 0.1) is 6.33 Å². The number of unbranched alkanes of at least 4 members (excludes halogenated alkanes) is 1. The number of halogens is 2. The molecule has 0 saturated carbocycles. The summed E-state index contributed by atoms with van der Waals surface area (Å²) in [7, 11) is 0. The average Bonchev–Trinajstić information content (AvgIpc) is 2.89. The lowest BCUT2D eigenvalue weighted by molar-refractivity contribution is 0.543. The molecule has 1 aromatic heterocycles. The van der Waals surface area contributed by atoms with Gasteiger partial charge in [-0.3, -0.25) is 0 Å². The highest BCUT2D eigenvalue weighted by atomic mass is 19.1. The minimum atomic E-state index is -0.540. The minimum absolute atomic E-state index is 0.428. The fourth-order valence-electron chi connectivity index (χ4n) is 1.85. The topological polar surface area (TPSA) is 29.9 Å². The molecule has 1 N–H and O–H groups in total. The van der Waals surface area contributed by atoms with E-state index in [9.17, 15) is 8.78 Å². The maximum absolute atomic E-state index is 13.3. The van der Waals surface area contributed by atoms with Crippen molar-refractivity contribution in [3.63, 3.8) is 0 Å². The molecule has 0 atom stereocenters. The zero-order valence-corrected chi connectivity index (χ0v) is 10.6. The first-order valence-corrected chi connectivity index (χ1v) is 6.36. The molecule has 19 heavy (non-hydrogen) atoms. The number of aromatic nitrogens is 2. The van der Waals surface area contributed by atoms with Crippen LogP contribution >= 0.6 is 0 Å². The molecule has 0 aliphatic rings. The summed E-state index contributed by atoms with van der Waals surface area (Å²) in [5.74, 6) is -1.03. The van der Waals surface area contributed by atoms with Gasteiger partial charge in [0.2, 0.25) is 0 Å². The summed E-state index contributed by atoms with van der Waals surface area (Å²) in [6.07, 6.45) is 7.52. The Morgan fingerprint density at radius 1 is 1.21 bits per heavy atom. The summed E-state index contributed by atoms with van der Waals surface area (Å²) < 4.78 is 28.1. The van der Waals surface area contributed by atoms with Gasteiger partial charge in [0.15, 0.2) is 0 Å². The zero-order chi connectivity index (χ0) is 13.5. The number of nitrogens with zero attached hydrogens (tertiary/aromatic N) is 2. The third-order valence-corrected chi connectivity index (χ3v) is 2.91. The highest BCUT2D eigenvalue weighted by Crippen LogP contribution is 2.09. The van der Waals surface area contributed by atoms with Gasteiger partial charge in [-0.25, -0.2) is 13.8 Å². The van der Waals surface area contributed by atoms with E-state index in [4.69, 9.17) is 0 Å². The number of nitrogens with one attached hydrogen (secondary N) is 1. The van der Waals surface area contributed by atoms with Crippen LogP contribution in [0.15, 0.2) is 36.9 Å². The van der Waals surface area contributed by atoms with E-state index in [1.807, 2.05) is 10.8 Å². The molecule has 0 saturated heterocycles. The van der Waals surface area contributed by atoms with Crippen molar-refractivity contribution >= 4 is 0 Å². The second-order valence-electron chi connectivity index (χ2n) is 4.42. The number of imidazole rings is 1. The van der Waals surface area contributed by atoms with Crippen LogP contribution in [-0.2, 0) is 13.1 Å². The van der Waals surface area contributed by atoms with Crippen LogP contribution in [0.3, 0.4) is 0 Å². The van der Waals surface area contributed by atoms with Crippen LogP contribution in [0, 0.1) is 11.6 Å². The number of hydrogen-bond acceptors (Lipinski definition) is 2. The van der Waals surface area contributed by atoms with Crippen molar-refractivity contribution in [2.75, 3.05) is 6.54 Å². The van der Waals surface area contributed by atoms with Crippen molar-refractivity contribution in [1.29, 1.82) is 0 Å². The Hall–Kier alpha value is -1.75. The monoisotopic (exact) mass is 265 g/mol. The fourth-order valence-corrected chi connectivity index (χ4v) is 1.85. The Morgan fingerprint density at radius 3 is 2.84 bits per heavy atom.